The third-order valence-corrected chi connectivity index (χ3v) is 6.69. The van der Waals surface area contributed by atoms with Gasteiger partial charge in [0.1, 0.15) is 6.04 Å². The molecule has 1 saturated heterocycles. The van der Waals surface area contributed by atoms with E-state index in [0.29, 0.717) is 91.1 Å². The Labute approximate surface area is 248 Å². The first kappa shape index (κ1) is 33.4. The summed E-state index contributed by atoms with van der Waals surface area (Å²) in [6, 6.07) is 17.4. The van der Waals surface area contributed by atoms with Crippen LogP contribution in [-0.2, 0) is 39.8 Å². The van der Waals surface area contributed by atoms with E-state index < -0.39 is 12.1 Å². The Bertz CT molecular complexity index is 1010. The highest BCUT2D eigenvalue weighted by molar-refractivity contribution is 5.87. The number of carboxylic acid groups (broad SMARTS) is 1. The molecule has 2 aromatic carbocycles. The standard InChI is InChI=1S/C31H44N2O9/c1-37-14-15-38-16-17-39-18-19-40-20-21-41-22-23-42-28-12-13-32(25-28)30(34)29(27-10-6-3-7-11-27)33(31(35)36)24-26-8-4-2-5-9-26/h2-11,28-29H,12-25H2,1H3,(H,35,36)/t28-,29-/m0/s1. The quantitative estimate of drug-likeness (QED) is 0.220. The number of carbonyl (C=O) groups excluding carboxylic acids is 1. The van der Waals surface area contributed by atoms with Gasteiger partial charge in [0.25, 0.3) is 0 Å². The number of methoxy groups -OCH3 is 1. The first-order valence-corrected chi connectivity index (χ1v) is 14.4. The van der Waals surface area contributed by atoms with Crippen LogP contribution in [0, 0.1) is 0 Å². The molecule has 0 aliphatic carbocycles. The van der Waals surface area contributed by atoms with Crippen LogP contribution >= 0.6 is 0 Å². The predicted molar refractivity (Wildman–Crippen MR) is 155 cm³/mol. The molecule has 11 heteroatoms. The Morgan fingerprint density at radius 1 is 0.810 bits per heavy atom. The predicted octanol–water partition coefficient (Wildman–Crippen LogP) is 3.24. The van der Waals surface area contributed by atoms with Crippen molar-refractivity contribution in [3.05, 3.63) is 71.8 Å². The molecule has 2 aromatic rings. The highest BCUT2D eigenvalue weighted by Gasteiger charge is 2.37. The lowest BCUT2D eigenvalue weighted by atomic mass is 10.0. The monoisotopic (exact) mass is 588 g/mol. The SMILES string of the molecule is COCCOCCOCCOCCOCCO[C@H]1CCN(C(=O)[C@H](c2ccccc2)N(Cc2ccccc2)C(=O)O)C1. The summed E-state index contributed by atoms with van der Waals surface area (Å²) >= 11 is 0. The molecular formula is C31H44N2O9. The molecule has 2 amide bonds. The lowest BCUT2D eigenvalue weighted by Crippen LogP contribution is -2.44. The second kappa shape index (κ2) is 20.0. The van der Waals surface area contributed by atoms with Gasteiger partial charge >= 0.3 is 6.09 Å². The van der Waals surface area contributed by atoms with Gasteiger partial charge in [0.2, 0.25) is 5.91 Å². The fraction of sp³-hybridized carbons (Fsp3) is 0.548. The van der Waals surface area contributed by atoms with Crippen LogP contribution in [0.4, 0.5) is 4.79 Å². The van der Waals surface area contributed by atoms with Gasteiger partial charge in [0.05, 0.1) is 78.7 Å². The van der Waals surface area contributed by atoms with Gasteiger partial charge in [0.15, 0.2) is 0 Å². The van der Waals surface area contributed by atoms with E-state index in [1.807, 2.05) is 48.5 Å². The van der Waals surface area contributed by atoms with Crippen molar-refractivity contribution in [1.29, 1.82) is 0 Å². The molecule has 232 valence electrons. The summed E-state index contributed by atoms with van der Waals surface area (Å²) in [6.45, 7) is 5.90. The van der Waals surface area contributed by atoms with E-state index in [1.165, 1.54) is 4.90 Å². The maximum Gasteiger partial charge on any atom is 0.408 e. The number of hydrogen-bond acceptors (Lipinski definition) is 8. The van der Waals surface area contributed by atoms with Crippen molar-refractivity contribution in [3.63, 3.8) is 0 Å². The number of benzene rings is 2. The van der Waals surface area contributed by atoms with Gasteiger partial charge in [-0.15, -0.1) is 0 Å². The van der Waals surface area contributed by atoms with Gasteiger partial charge in [-0.3, -0.25) is 9.69 Å². The highest BCUT2D eigenvalue weighted by Crippen LogP contribution is 2.28. The molecule has 1 heterocycles. The number of ether oxygens (including phenoxy) is 6. The van der Waals surface area contributed by atoms with Crippen LogP contribution in [0.3, 0.4) is 0 Å². The number of hydrogen-bond donors (Lipinski definition) is 1. The van der Waals surface area contributed by atoms with Gasteiger partial charge in [0, 0.05) is 20.2 Å². The van der Waals surface area contributed by atoms with Crippen LogP contribution < -0.4 is 0 Å². The molecule has 0 unspecified atom stereocenters. The van der Waals surface area contributed by atoms with Crippen LogP contribution in [-0.4, -0.2) is 119 Å². The normalized spacial score (nSPS) is 15.5. The molecule has 0 aromatic heterocycles. The Kier molecular flexibility index (Phi) is 15.9. The van der Waals surface area contributed by atoms with E-state index in [9.17, 15) is 14.7 Å². The van der Waals surface area contributed by atoms with Crippen LogP contribution in [0.1, 0.15) is 23.6 Å². The number of likely N-dealkylation sites (tertiary alicyclic amines) is 1. The number of rotatable bonds is 21. The third kappa shape index (κ3) is 12.0. The average Bonchev–Trinajstić information content (AvgIpc) is 3.49. The molecule has 0 radical (unpaired) electrons. The van der Waals surface area contributed by atoms with E-state index in [0.717, 1.165) is 5.56 Å². The molecule has 1 fully saturated rings. The van der Waals surface area contributed by atoms with E-state index in [2.05, 4.69) is 0 Å². The summed E-state index contributed by atoms with van der Waals surface area (Å²) in [4.78, 5) is 29.0. The zero-order valence-electron chi connectivity index (χ0n) is 24.4. The first-order valence-electron chi connectivity index (χ1n) is 14.4. The van der Waals surface area contributed by atoms with Crippen LogP contribution in [0.25, 0.3) is 0 Å². The molecule has 3 rings (SSSR count). The lowest BCUT2D eigenvalue weighted by Gasteiger charge is -2.32. The largest absolute Gasteiger partial charge is 0.465 e. The van der Waals surface area contributed by atoms with Gasteiger partial charge in [-0.05, 0) is 17.5 Å². The molecule has 2 atom stereocenters. The van der Waals surface area contributed by atoms with Crippen molar-refractivity contribution >= 4 is 12.0 Å². The van der Waals surface area contributed by atoms with Crippen molar-refractivity contribution in [3.8, 4) is 0 Å². The Hall–Kier alpha value is -3.06. The fourth-order valence-corrected chi connectivity index (χ4v) is 4.56. The minimum atomic E-state index is -1.15. The summed E-state index contributed by atoms with van der Waals surface area (Å²) in [5.74, 6) is -0.248. The summed E-state index contributed by atoms with van der Waals surface area (Å²) in [5, 5.41) is 10.1. The van der Waals surface area contributed by atoms with Crippen molar-refractivity contribution in [2.24, 2.45) is 0 Å². The van der Waals surface area contributed by atoms with E-state index in [1.54, 1.807) is 24.1 Å². The van der Waals surface area contributed by atoms with E-state index >= 15 is 0 Å². The van der Waals surface area contributed by atoms with Crippen LogP contribution in [0.15, 0.2) is 60.7 Å². The van der Waals surface area contributed by atoms with Crippen molar-refractivity contribution in [2.75, 3.05) is 86.3 Å². The molecule has 0 spiro atoms. The summed E-state index contributed by atoms with van der Waals surface area (Å²) in [7, 11) is 1.64. The smallest absolute Gasteiger partial charge is 0.408 e. The third-order valence-electron chi connectivity index (χ3n) is 6.69. The van der Waals surface area contributed by atoms with Gasteiger partial charge in [-0.25, -0.2) is 4.79 Å². The van der Waals surface area contributed by atoms with Crippen molar-refractivity contribution < 1.29 is 43.1 Å². The second-order valence-corrected chi connectivity index (χ2v) is 9.72. The maximum absolute atomic E-state index is 13.7. The molecule has 1 aliphatic rings. The van der Waals surface area contributed by atoms with Gasteiger partial charge in [-0.2, -0.15) is 0 Å². The molecular weight excluding hydrogens is 544 g/mol. The Morgan fingerprint density at radius 3 is 1.88 bits per heavy atom. The van der Waals surface area contributed by atoms with Gasteiger partial charge in [-0.1, -0.05) is 60.7 Å². The summed E-state index contributed by atoms with van der Waals surface area (Å²) in [6.07, 6.45) is -0.599. The maximum atomic E-state index is 13.7. The topological polar surface area (TPSA) is 116 Å². The highest BCUT2D eigenvalue weighted by atomic mass is 16.6. The van der Waals surface area contributed by atoms with Crippen LogP contribution in [0.2, 0.25) is 0 Å². The van der Waals surface area contributed by atoms with Crippen molar-refractivity contribution in [2.45, 2.75) is 25.1 Å². The molecule has 1 N–H and O–H groups in total. The van der Waals surface area contributed by atoms with Crippen molar-refractivity contribution in [1.82, 2.24) is 9.80 Å². The molecule has 11 nitrogen and oxygen atoms in total. The fourth-order valence-electron chi connectivity index (χ4n) is 4.56. The Balaban J connectivity index is 1.35. The summed E-state index contributed by atoms with van der Waals surface area (Å²) < 4.78 is 32.7. The number of nitrogens with zero attached hydrogens (tertiary/aromatic N) is 2. The number of amides is 2. The first-order chi connectivity index (χ1) is 20.6. The zero-order chi connectivity index (χ0) is 29.8. The Morgan fingerprint density at radius 2 is 1.33 bits per heavy atom. The molecule has 42 heavy (non-hydrogen) atoms. The van der Waals surface area contributed by atoms with E-state index in [-0.39, 0.29) is 18.6 Å². The lowest BCUT2D eigenvalue weighted by molar-refractivity contribution is -0.136. The minimum Gasteiger partial charge on any atom is -0.465 e. The minimum absolute atomic E-state index is 0.105. The molecule has 0 saturated carbocycles. The van der Waals surface area contributed by atoms with Crippen LogP contribution in [0.5, 0.6) is 0 Å². The van der Waals surface area contributed by atoms with E-state index in [4.69, 9.17) is 28.4 Å². The molecule has 1 aliphatic heterocycles. The number of carbonyl (C=O) groups is 2. The van der Waals surface area contributed by atoms with Gasteiger partial charge < -0.3 is 38.4 Å². The zero-order valence-corrected chi connectivity index (χ0v) is 24.4. The summed E-state index contributed by atoms with van der Waals surface area (Å²) in [5.41, 5.74) is 1.45. The molecule has 0 bridgehead atoms. The average molecular weight is 589 g/mol. The second-order valence-electron chi connectivity index (χ2n) is 9.72.